The molecule has 0 aliphatic carbocycles. The second-order valence-corrected chi connectivity index (χ2v) is 8.31. The van der Waals surface area contributed by atoms with Crippen molar-refractivity contribution in [3.05, 3.63) is 29.8 Å². The molecule has 0 saturated carbocycles. The molecule has 2 heterocycles. The summed E-state index contributed by atoms with van der Waals surface area (Å²) < 4.78 is 26.2. The van der Waals surface area contributed by atoms with E-state index in [9.17, 15) is 18.4 Å². The average molecular weight is 397 g/mol. The molecule has 0 atom stereocenters. The van der Waals surface area contributed by atoms with Gasteiger partial charge in [0, 0.05) is 37.0 Å². The van der Waals surface area contributed by atoms with Crippen LogP contribution in [0, 0.1) is 17.6 Å². The van der Waals surface area contributed by atoms with E-state index in [4.69, 9.17) is 0 Å². The van der Waals surface area contributed by atoms with Crippen LogP contribution in [-0.2, 0) is 9.59 Å². The normalized spacial score (nSPS) is 19.0. The molecule has 1 aromatic rings. The number of thioether (sulfide) groups is 1. The molecule has 2 fully saturated rings. The summed E-state index contributed by atoms with van der Waals surface area (Å²) in [6.45, 7) is 2.90. The lowest BCUT2D eigenvalue weighted by Crippen LogP contribution is -2.45. The Morgan fingerprint density at radius 1 is 0.926 bits per heavy atom. The molecule has 2 aliphatic rings. The molecule has 0 N–H and O–H groups in total. The van der Waals surface area contributed by atoms with Crippen molar-refractivity contribution in [2.75, 3.05) is 31.9 Å². The summed E-state index contributed by atoms with van der Waals surface area (Å²) in [4.78, 5) is 29.4. The lowest BCUT2D eigenvalue weighted by atomic mass is 9.95. The molecule has 3 rings (SSSR count). The quantitative estimate of drug-likeness (QED) is 0.729. The summed E-state index contributed by atoms with van der Waals surface area (Å²) >= 11 is 1.20. The van der Waals surface area contributed by atoms with E-state index in [0.29, 0.717) is 30.8 Å². The van der Waals surface area contributed by atoms with E-state index in [1.54, 1.807) is 4.90 Å². The Balaban J connectivity index is 1.44. The van der Waals surface area contributed by atoms with Crippen LogP contribution in [-0.4, -0.2) is 53.5 Å². The number of hydrogen-bond donors (Lipinski definition) is 0. The van der Waals surface area contributed by atoms with Crippen LogP contribution in [0.2, 0.25) is 0 Å². The Morgan fingerprint density at radius 3 is 2.22 bits per heavy atom. The minimum Gasteiger partial charge on any atom is -0.342 e. The zero-order chi connectivity index (χ0) is 19.2. The minimum absolute atomic E-state index is 0.0194. The summed E-state index contributed by atoms with van der Waals surface area (Å²) in [6, 6.07) is 3.66. The Labute approximate surface area is 163 Å². The third-order valence-corrected chi connectivity index (χ3v) is 6.35. The van der Waals surface area contributed by atoms with E-state index in [1.165, 1.54) is 30.7 Å². The molecule has 148 valence electrons. The first-order valence-electron chi connectivity index (χ1n) is 9.69. The molecule has 1 aromatic carbocycles. The topological polar surface area (TPSA) is 40.6 Å². The fraction of sp³-hybridized carbons (Fsp3) is 0.600. The van der Waals surface area contributed by atoms with Crippen molar-refractivity contribution in [2.45, 2.75) is 43.4 Å². The Morgan fingerprint density at radius 2 is 1.59 bits per heavy atom. The maximum Gasteiger partial charge on any atom is 0.232 e. The summed E-state index contributed by atoms with van der Waals surface area (Å²) in [5.41, 5.74) is 0. The number of nitrogens with zero attached hydrogens (tertiary/aromatic N) is 2. The van der Waals surface area contributed by atoms with E-state index in [2.05, 4.69) is 0 Å². The molecule has 0 bridgehead atoms. The SMILES string of the molecule is O=C(CSc1ccc(F)c(F)c1)N1CCC(C(=O)N2CCCCCC2)CC1. The highest BCUT2D eigenvalue weighted by Crippen LogP contribution is 2.24. The third-order valence-electron chi connectivity index (χ3n) is 5.37. The third kappa shape index (κ3) is 5.43. The lowest BCUT2D eigenvalue weighted by molar-refractivity contribution is -0.139. The number of rotatable bonds is 4. The van der Waals surface area contributed by atoms with Gasteiger partial charge in [-0.25, -0.2) is 8.78 Å². The summed E-state index contributed by atoms with van der Waals surface area (Å²) in [5.74, 6) is -1.35. The van der Waals surface area contributed by atoms with Crippen LogP contribution in [0.15, 0.2) is 23.1 Å². The second kappa shape index (κ2) is 9.53. The monoisotopic (exact) mass is 396 g/mol. The number of piperidine rings is 1. The van der Waals surface area contributed by atoms with Gasteiger partial charge in [-0.3, -0.25) is 9.59 Å². The van der Waals surface area contributed by atoms with Gasteiger partial charge in [0.15, 0.2) is 11.6 Å². The molecule has 27 heavy (non-hydrogen) atoms. The summed E-state index contributed by atoms with van der Waals surface area (Å²) in [6.07, 6.45) is 5.99. The molecule has 4 nitrogen and oxygen atoms in total. The first-order chi connectivity index (χ1) is 13.0. The second-order valence-electron chi connectivity index (χ2n) is 7.26. The van der Waals surface area contributed by atoms with Gasteiger partial charge in [0.1, 0.15) is 0 Å². The van der Waals surface area contributed by atoms with Crippen molar-refractivity contribution in [2.24, 2.45) is 5.92 Å². The molecular formula is C20H26F2N2O2S. The molecule has 2 saturated heterocycles. The molecule has 0 unspecified atom stereocenters. The highest BCUT2D eigenvalue weighted by Gasteiger charge is 2.30. The van der Waals surface area contributed by atoms with E-state index < -0.39 is 11.6 Å². The van der Waals surface area contributed by atoms with Crippen molar-refractivity contribution in [3.8, 4) is 0 Å². The number of halogens is 2. The van der Waals surface area contributed by atoms with Crippen molar-refractivity contribution in [1.29, 1.82) is 0 Å². The fourth-order valence-electron chi connectivity index (χ4n) is 3.73. The van der Waals surface area contributed by atoms with Gasteiger partial charge in [0.05, 0.1) is 5.75 Å². The number of carbonyl (C=O) groups excluding carboxylic acids is 2. The van der Waals surface area contributed by atoms with Gasteiger partial charge in [-0.1, -0.05) is 12.8 Å². The number of amides is 2. The van der Waals surface area contributed by atoms with Crippen LogP contribution >= 0.6 is 11.8 Å². The van der Waals surface area contributed by atoms with Crippen LogP contribution in [0.25, 0.3) is 0 Å². The van der Waals surface area contributed by atoms with Crippen LogP contribution < -0.4 is 0 Å². The first kappa shape index (κ1) is 20.1. The van der Waals surface area contributed by atoms with Crippen LogP contribution in [0.3, 0.4) is 0 Å². The Kier molecular flexibility index (Phi) is 7.10. The number of likely N-dealkylation sites (tertiary alicyclic amines) is 2. The lowest BCUT2D eigenvalue weighted by Gasteiger charge is -2.34. The average Bonchev–Trinajstić information content (AvgIpc) is 2.98. The highest BCUT2D eigenvalue weighted by atomic mass is 32.2. The van der Waals surface area contributed by atoms with Gasteiger partial charge in [-0.15, -0.1) is 11.8 Å². The maximum absolute atomic E-state index is 13.2. The first-order valence-corrected chi connectivity index (χ1v) is 10.7. The minimum atomic E-state index is -0.903. The zero-order valence-electron chi connectivity index (χ0n) is 15.5. The van der Waals surface area contributed by atoms with Crippen molar-refractivity contribution >= 4 is 23.6 Å². The predicted octanol–water partition coefficient (Wildman–Crippen LogP) is 3.70. The van der Waals surface area contributed by atoms with Gasteiger partial charge >= 0.3 is 0 Å². The summed E-state index contributed by atoms with van der Waals surface area (Å²) in [7, 11) is 0. The fourth-order valence-corrected chi connectivity index (χ4v) is 4.55. The number of benzene rings is 1. The molecule has 0 aromatic heterocycles. The molecular weight excluding hydrogens is 370 g/mol. The predicted molar refractivity (Wildman–Crippen MR) is 101 cm³/mol. The van der Waals surface area contributed by atoms with Crippen molar-refractivity contribution in [3.63, 3.8) is 0 Å². The van der Waals surface area contributed by atoms with E-state index in [0.717, 1.165) is 38.1 Å². The molecule has 7 heteroatoms. The van der Waals surface area contributed by atoms with Gasteiger partial charge in [-0.05, 0) is 43.9 Å². The van der Waals surface area contributed by atoms with Gasteiger partial charge in [-0.2, -0.15) is 0 Å². The van der Waals surface area contributed by atoms with Gasteiger partial charge in [0.25, 0.3) is 0 Å². The van der Waals surface area contributed by atoms with E-state index in [1.807, 2.05) is 4.90 Å². The van der Waals surface area contributed by atoms with Crippen LogP contribution in [0.5, 0.6) is 0 Å². The Hall–Kier alpha value is -1.63. The number of hydrogen-bond acceptors (Lipinski definition) is 3. The van der Waals surface area contributed by atoms with E-state index >= 15 is 0 Å². The highest BCUT2D eigenvalue weighted by molar-refractivity contribution is 8.00. The van der Waals surface area contributed by atoms with Crippen LogP contribution in [0.4, 0.5) is 8.78 Å². The molecule has 2 amide bonds. The number of carbonyl (C=O) groups is 2. The van der Waals surface area contributed by atoms with E-state index in [-0.39, 0.29) is 23.5 Å². The summed E-state index contributed by atoms with van der Waals surface area (Å²) in [5, 5.41) is 0. The standard InChI is InChI=1S/C20H26F2N2O2S/c21-17-6-5-16(13-18(17)22)27-14-19(25)23-11-7-15(8-12-23)20(26)24-9-3-1-2-4-10-24/h5-6,13,15H,1-4,7-12,14H2. The molecule has 0 spiro atoms. The van der Waals surface area contributed by atoms with Gasteiger partial charge in [0.2, 0.25) is 11.8 Å². The largest absolute Gasteiger partial charge is 0.342 e. The van der Waals surface area contributed by atoms with Crippen molar-refractivity contribution < 1.29 is 18.4 Å². The molecule has 0 radical (unpaired) electrons. The zero-order valence-corrected chi connectivity index (χ0v) is 16.3. The smallest absolute Gasteiger partial charge is 0.232 e. The molecule has 2 aliphatic heterocycles. The van der Waals surface area contributed by atoms with Gasteiger partial charge < -0.3 is 9.80 Å². The Bertz CT molecular complexity index is 670. The van der Waals surface area contributed by atoms with Crippen LogP contribution in [0.1, 0.15) is 38.5 Å². The van der Waals surface area contributed by atoms with Crippen molar-refractivity contribution in [1.82, 2.24) is 9.80 Å². The maximum atomic E-state index is 13.2.